The van der Waals surface area contributed by atoms with Gasteiger partial charge in [-0.25, -0.2) is 9.63 Å². The van der Waals surface area contributed by atoms with Gasteiger partial charge in [-0.05, 0) is 37.8 Å². The largest absolute Gasteiger partial charge is 0.459 e. The molecule has 0 aliphatic heterocycles. The normalized spacial score (nSPS) is 12.6. The van der Waals surface area contributed by atoms with Crippen LogP contribution in [0.25, 0.3) is 0 Å². The van der Waals surface area contributed by atoms with Crippen LogP contribution in [0.4, 0.5) is 0 Å². The van der Waals surface area contributed by atoms with Gasteiger partial charge in [-0.2, -0.15) is 0 Å². The van der Waals surface area contributed by atoms with Crippen LogP contribution in [0.15, 0.2) is 24.3 Å². The fourth-order valence-electron chi connectivity index (χ4n) is 2.79. The molecule has 33 heavy (non-hydrogen) atoms. The van der Waals surface area contributed by atoms with Gasteiger partial charge in [-0.15, -0.1) is 0 Å². The van der Waals surface area contributed by atoms with Crippen LogP contribution in [0.5, 0.6) is 0 Å². The van der Waals surface area contributed by atoms with Gasteiger partial charge in [0.15, 0.2) is 0 Å². The zero-order valence-electron chi connectivity index (χ0n) is 20.2. The SMILES string of the molecule is CC(C)NCC(CCc1ccc(COCCOC(C)C)cc1)OC(=O)COCCON(O)O. The molecule has 3 N–H and O–H groups in total. The third-order valence-electron chi connectivity index (χ3n) is 4.43. The Bertz CT molecular complexity index is 625. The van der Waals surface area contributed by atoms with E-state index in [1.54, 1.807) is 0 Å². The molecule has 1 aromatic rings. The Hall–Kier alpha value is -1.63. The Labute approximate surface area is 196 Å². The summed E-state index contributed by atoms with van der Waals surface area (Å²) >= 11 is 0. The Morgan fingerprint density at radius 2 is 1.64 bits per heavy atom. The predicted molar refractivity (Wildman–Crippen MR) is 121 cm³/mol. The fourth-order valence-corrected chi connectivity index (χ4v) is 2.79. The number of nitrogens with one attached hydrogen (secondary N) is 1. The van der Waals surface area contributed by atoms with E-state index in [9.17, 15) is 4.79 Å². The smallest absolute Gasteiger partial charge is 0.332 e. The second-order valence-corrected chi connectivity index (χ2v) is 8.14. The van der Waals surface area contributed by atoms with Crippen molar-refractivity contribution in [1.29, 1.82) is 0 Å². The fraction of sp³-hybridized carbons (Fsp3) is 0.696. The van der Waals surface area contributed by atoms with Crippen LogP contribution in [0.2, 0.25) is 0 Å². The van der Waals surface area contributed by atoms with E-state index in [1.807, 2.05) is 39.8 Å². The lowest BCUT2D eigenvalue weighted by molar-refractivity contribution is -0.493. The topological polar surface area (TPSA) is 119 Å². The molecular weight excluding hydrogens is 432 g/mol. The van der Waals surface area contributed by atoms with Crippen molar-refractivity contribution < 1.29 is 39.0 Å². The quantitative estimate of drug-likeness (QED) is 0.157. The predicted octanol–water partition coefficient (Wildman–Crippen LogP) is 2.50. The van der Waals surface area contributed by atoms with Gasteiger partial charge in [0.25, 0.3) is 0 Å². The summed E-state index contributed by atoms with van der Waals surface area (Å²) in [5.74, 6) is -0.482. The Balaban J connectivity index is 2.39. The molecule has 0 aliphatic rings. The molecule has 0 radical (unpaired) electrons. The van der Waals surface area contributed by atoms with Crippen LogP contribution < -0.4 is 5.32 Å². The molecule has 0 saturated carbocycles. The van der Waals surface area contributed by atoms with Crippen LogP contribution in [-0.2, 0) is 41.6 Å². The lowest BCUT2D eigenvalue weighted by Crippen LogP contribution is -2.36. The van der Waals surface area contributed by atoms with E-state index in [4.69, 9.17) is 29.4 Å². The molecule has 0 bridgehead atoms. The molecule has 0 spiro atoms. The number of benzene rings is 1. The first-order valence-electron chi connectivity index (χ1n) is 11.3. The second kappa shape index (κ2) is 17.8. The number of hydrogen-bond acceptors (Lipinski definition) is 10. The number of ether oxygens (including phenoxy) is 4. The van der Waals surface area contributed by atoms with Gasteiger partial charge < -0.3 is 24.3 Å². The van der Waals surface area contributed by atoms with Crippen molar-refractivity contribution in [1.82, 2.24) is 10.7 Å². The first-order valence-corrected chi connectivity index (χ1v) is 11.3. The van der Waals surface area contributed by atoms with E-state index >= 15 is 0 Å². The molecule has 1 unspecified atom stereocenters. The minimum atomic E-state index is -0.482. The molecule has 0 aliphatic carbocycles. The maximum atomic E-state index is 12.1. The van der Waals surface area contributed by atoms with Gasteiger partial charge >= 0.3 is 5.97 Å². The van der Waals surface area contributed by atoms with Crippen LogP contribution in [-0.4, -0.2) is 79.6 Å². The molecule has 10 nitrogen and oxygen atoms in total. The summed E-state index contributed by atoms with van der Waals surface area (Å²) < 4.78 is 21.8. The number of aryl methyl sites for hydroxylation is 1. The minimum absolute atomic E-state index is 0.0163. The molecule has 0 fully saturated rings. The molecule has 190 valence electrons. The maximum absolute atomic E-state index is 12.1. The van der Waals surface area contributed by atoms with Crippen molar-refractivity contribution >= 4 is 5.97 Å². The summed E-state index contributed by atoms with van der Waals surface area (Å²) in [6.45, 7) is 9.96. The van der Waals surface area contributed by atoms with Gasteiger partial charge in [0, 0.05) is 12.6 Å². The molecule has 0 aromatic heterocycles. The molecule has 0 saturated heterocycles. The molecule has 10 heteroatoms. The standard InChI is InChI=1S/C23H40N2O8/c1-18(2)24-15-22(33-23(26)17-30-12-14-32-25(27)28)10-9-20-5-7-21(8-6-20)16-29-11-13-31-19(3)4/h5-8,18-19,22,24,27-28H,9-17H2,1-4H3. The number of nitrogens with zero attached hydrogens (tertiary/aromatic N) is 1. The van der Waals surface area contributed by atoms with Gasteiger partial charge in [-0.1, -0.05) is 38.1 Å². The first kappa shape index (κ1) is 29.4. The Kier molecular flexibility index (Phi) is 15.9. The highest BCUT2D eigenvalue weighted by molar-refractivity contribution is 5.70. The van der Waals surface area contributed by atoms with Gasteiger partial charge in [0.1, 0.15) is 12.7 Å². The van der Waals surface area contributed by atoms with Crippen LogP contribution in [0.3, 0.4) is 0 Å². The van der Waals surface area contributed by atoms with E-state index in [2.05, 4.69) is 22.3 Å². The lowest BCUT2D eigenvalue weighted by Gasteiger charge is -2.20. The van der Waals surface area contributed by atoms with E-state index < -0.39 is 11.4 Å². The van der Waals surface area contributed by atoms with Crippen molar-refractivity contribution in [3.05, 3.63) is 35.4 Å². The number of hydrogen-bond donors (Lipinski definition) is 3. The highest BCUT2D eigenvalue weighted by Crippen LogP contribution is 2.11. The van der Waals surface area contributed by atoms with Gasteiger partial charge in [0.05, 0.1) is 44.5 Å². The molecular formula is C23H40N2O8. The third kappa shape index (κ3) is 16.6. The van der Waals surface area contributed by atoms with Crippen LogP contribution in [0, 0.1) is 0 Å². The maximum Gasteiger partial charge on any atom is 0.332 e. The highest BCUT2D eigenvalue weighted by atomic mass is 17.1. The minimum Gasteiger partial charge on any atom is -0.459 e. The highest BCUT2D eigenvalue weighted by Gasteiger charge is 2.15. The Morgan fingerprint density at radius 1 is 0.970 bits per heavy atom. The molecule has 1 rings (SSSR count). The van der Waals surface area contributed by atoms with E-state index in [0.29, 0.717) is 32.8 Å². The molecule has 0 heterocycles. The third-order valence-corrected chi connectivity index (χ3v) is 4.43. The average Bonchev–Trinajstić information content (AvgIpc) is 2.75. The van der Waals surface area contributed by atoms with Gasteiger partial charge in [-0.3, -0.25) is 10.4 Å². The van der Waals surface area contributed by atoms with E-state index in [0.717, 1.165) is 17.5 Å². The molecule has 1 atom stereocenters. The molecule has 1 aromatic carbocycles. The van der Waals surface area contributed by atoms with Crippen molar-refractivity contribution in [3.63, 3.8) is 0 Å². The first-order chi connectivity index (χ1) is 15.8. The molecule has 0 amide bonds. The van der Waals surface area contributed by atoms with Crippen molar-refractivity contribution in [3.8, 4) is 0 Å². The second-order valence-electron chi connectivity index (χ2n) is 8.14. The number of esters is 1. The van der Waals surface area contributed by atoms with Crippen molar-refractivity contribution in [2.24, 2.45) is 0 Å². The monoisotopic (exact) mass is 472 g/mol. The van der Waals surface area contributed by atoms with E-state index in [1.165, 1.54) is 0 Å². The summed E-state index contributed by atoms with van der Waals surface area (Å²) in [6.07, 6.45) is 1.34. The summed E-state index contributed by atoms with van der Waals surface area (Å²) in [5.41, 5.74) is 2.25. The zero-order chi connectivity index (χ0) is 24.5. The van der Waals surface area contributed by atoms with E-state index in [-0.39, 0.29) is 38.1 Å². The van der Waals surface area contributed by atoms with Crippen LogP contribution >= 0.6 is 0 Å². The number of carbonyl (C=O) groups is 1. The lowest BCUT2D eigenvalue weighted by atomic mass is 10.0. The summed E-state index contributed by atoms with van der Waals surface area (Å²) in [6, 6.07) is 8.48. The summed E-state index contributed by atoms with van der Waals surface area (Å²) in [4.78, 5) is 16.4. The summed E-state index contributed by atoms with van der Waals surface area (Å²) in [7, 11) is 0. The number of carbonyl (C=O) groups excluding carboxylic acids is 1. The average molecular weight is 473 g/mol. The zero-order valence-corrected chi connectivity index (χ0v) is 20.2. The van der Waals surface area contributed by atoms with Crippen molar-refractivity contribution in [2.75, 3.05) is 39.6 Å². The Morgan fingerprint density at radius 3 is 2.27 bits per heavy atom. The van der Waals surface area contributed by atoms with Crippen LogP contribution in [0.1, 0.15) is 45.2 Å². The number of rotatable bonds is 19. The van der Waals surface area contributed by atoms with Crippen molar-refractivity contribution in [2.45, 2.75) is 65.4 Å². The summed E-state index contributed by atoms with van der Waals surface area (Å²) in [5, 5.41) is 19.8. The van der Waals surface area contributed by atoms with Gasteiger partial charge in [0.2, 0.25) is 0 Å².